The average molecular weight is 348 g/mol. The van der Waals surface area contributed by atoms with Gasteiger partial charge in [-0.3, -0.25) is 9.52 Å². The van der Waals surface area contributed by atoms with Crippen molar-refractivity contribution in [2.45, 2.75) is 19.8 Å². The molecule has 0 saturated carbocycles. The van der Waals surface area contributed by atoms with Gasteiger partial charge in [-0.1, -0.05) is 6.07 Å². The molecule has 124 valence electrons. The maximum atomic E-state index is 12.3. The van der Waals surface area contributed by atoms with Gasteiger partial charge in [-0.05, 0) is 50.6 Å². The Morgan fingerprint density at radius 1 is 1.23 bits per heavy atom. The molecule has 0 unspecified atom stereocenters. The molecule has 1 aliphatic heterocycles. The number of piperidine rings is 1. The minimum Gasteiger partial charge on any atom is -0.324 e. The molecule has 0 aliphatic carbocycles. The molecule has 1 aromatic rings. The highest BCUT2D eigenvalue weighted by molar-refractivity contribution is 7.92. The monoisotopic (exact) mass is 347 g/mol. The Morgan fingerprint density at radius 3 is 2.45 bits per heavy atom. The lowest BCUT2D eigenvalue weighted by molar-refractivity contribution is -0.120. The average Bonchev–Trinajstić information content (AvgIpc) is 2.41. The molecule has 3 N–H and O–H groups in total. The van der Waals surface area contributed by atoms with Crippen LogP contribution in [0.1, 0.15) is 18.4 Å². The Kier molecular flexibility index (Phi) is 6.65. The molecular weight excluding hydrogens is 326 g/mol. The molecule has 1 aliphatic rings. The van der Waals surface area contributed by atoms with E-state index < -0.39 is 10.0 Å². The number of hydrogen-bond donors (Lipinski definition) is 3. The van der Waals surface area contributed by atoms with Crippen molar-refractivity contribution in [1.29, 1.82) is 0 Å². The highest BCUT2D eigenvalue weighted by atomic mass is 35.5. The van der Waals surface area contributed by atoms with Crippen LogP contribution >= 0.6 is 12.4 Å². The summed E-state index contributed by atoms with van der Waals surface area (Å²) in [5, 5.41) is 6.06. The number of amides is 1. The summed E-state index contributed by atoms with van der Waals surface area (Å²) in [6, 6.07) is 5.23. The molecule has 1 heterocycles. The zero-order valence-corrected chi connectivity index (χ0v) is 14.3. The molecular formula is C14H22ClN3O3S. The second-order valence-corrected chi connectivity index (χ2v) is 7.19. The summed E-state index contributed by atoms with van der Waals surface area (Å²) in [4.78, 5) is 12.3. The normalized spacial score (nSPS) is 15.7. The predicted octanol–water partition coefficient (Wildman–Crippen LogP) is 1.73. The molecule has 1 amide bonds. The number of rotatable bonds is 4. The summed E-state index contributed by atoms with van der Waals surface area (Å²) in [5.74, 6) is -0.0866. The lowest BCUT2D eigenvalue weighted by atomic mass is 9.97. The highest BCUT2D eigenvalue weighted by Crippen LogP contribution is 2.25. The summed E-state index contributed by atoms with van der Waals surface area (Å²) in [6.45, 7) is 3.56. The number of anilines is 2. The molecule has 1 fully saturated rings. The van der Waals surface area contributed by atoms with Gasteiger partial charge < -0.3 is 10.6 Å². The molecule has 0 atom stereocenters. The first-order valence-electron chi connectivity index (χ1n) is 6.95. The number of aryl methyl sites for hydroxylation is 1. The van der Waals surface area contributed by atoms with Gasteiger partial charge in [0.05, 0.1) is 17.6 Å². The van der Waals surface area contributed by atoms with Crippen LogP contribution in [0.5, 0.6) is 0 Å². The molecule has 1 saturated heterocycles. The minimum absolute atomic E-state index is 0. The zero-order valence-electron chi connectivity index (χ0n) is 12.7. The van der Waals surface area contributed by atoms with Crippen molar-refractivity contribution in [3.63, 3.8) is 0 Å². The lowest BCUT2D eigenvalue weighted by Crippen LogP contribution is -2.34. The largest absolute Gasteiger partial charge is 0.324 e. The number of carbonyl (C=O) groups is 1. The van der Waals surface area contributed by atoms with Crippen LogP contribution in [-0.4, -0.2) is 33.7 Å². The Morgan fingerprint density at radius 2 is 1.86 bits per heavy atom. The van der Waals surface area contributed by atoms with Crippen LogP contribution in [0.3, 0.4) is 0 Å². The number of nitrogens with one attached hydrogen (secondary N) is 3. The van der Waals surface area contributed by atoms with Crippen LogP contribution in [0.4, 0.5) is 11.4 Å². The highest BCUT2D eigenvalue weighted by Gasteiger charge is 2.22. The molecule has 0 spiro atoms. The summed E-state index contributed by atoms with van der Waals surface area (Å²) in [7, 11) is -3.38. The summed E-state index contributed by atoms with van der Waals surface area (Å²) in [6.07, 6.45) is 2.68. The molecule has 6 nitrogen and oxygen atoms in total. The van der Waals surface area contributed by atoms with Crippen LogP contribution in [0.15, 0.2) is 18.2 Å². The summed E-state index contributed by atoms with van der Waals surface area (Å²) >= 11 is 0. The maximum Gasteiger partial charge on any atom is 0.229 e. The van der Waals surface area contributed by atoms with E-state index in [2.05, 4.69) is 15.4 Å². The van der Waals surface area contributed by atoms with E-state index in [-0.39, 0.29) is 24.2 Å². The number of halogens is 1. The third kappa shape index (κ3) is 5.47. The molecule has 2 rings (SSSR count). The van der Waals surface area contributed by atoms with E-state index in [1.807, 2.05) is 6.92 Å². The number of benzene rings is 1. The van der Waals surface area contributed by atoms with Crippen molar-refractivity contribution in [3.8, 4) is 0 Å². The van der Waals surface area contributed by atoms with Gasteiger partial charge in [0, 0.05) is 5.92 Å². The van der Waals surface area contributed by atoms with Gasteiger partial charge in [-0.25, -0.2) is 8.42 Å². The van der Waals surface area contributed by atoms with E-state index in [4.69, 9.17) is 0 Å². The van der Waals surface area contributed by atoms with Gasteiger partial charge in [-0.15, -0.1) is 12.4 Å². The van der Waals surface area contributed by atoms with Crippen molar-refractivity contribution < 1.29 is 13.2 Å². The van der Waals surface area contributed by atoms with Crippen molar-refractivity contribution >= 4 is 39.7 Å². The first kappa shape index (κ1) is 18.7. The Balaban J connectivity index is 0.00000242. The van der Waals surface area contributed by atoms with E-state index in [0.29, 0.717) is 11.4 Å². The standard InChI is InChI=1S/C14H21N3O3S.ClH/c1-10-3-4-12(17-21(2,19)20)13(9-10)16-14(18)11-5-7-15-8-6-11;/h3-4,9,11,15,17H,5-8H2,1-2H3,(H,16,18);1H. The lowest BCUT2D eigenvalue weighted by Gasteiger charge is -2.22. The molecule has 8 heteroatoms. The molecule has 0 radical (unpaired) electrons. The van der Waals surface area contributed by atoms with Crippen LogP contribution in [0.2, 0.25) is 0 Å². The van der Waals surface area contributed by atoms with Gasteiger partial charge in [0.2, 0.25) is 15.9 Å². The van der Waals surface area contributed by atoms with Crippen LogP contribution in [-0.2, 0) is 14.8 Å². The quantitative estimate of drug-likeness (QED) is 0.774. The first-order valence-corrected chi connectivity index (χ1v) is 8.84. The smallest absolute Gasteiger partial charge is 0.229 e. The number of carbonyl (C=O) groups excluding carboxylic acids is 1. The third-order valence-corrected chi connectivity index (χ3v) is 4.03. The minimum atomic E-state index is -3.38. The van der Waals surface area contributed by atoms with Gasteiger partial charge in [0.15, 0.2) is 0 Å². The van der Waals surface area contributed by atoms with Crippen molar-refractivity contribution in [2.75, 3.05) is 29.4 Å². The number of sulfonamides is 1. The van der Waals surface area contributed by atoms with E-state index >= 15 is 0 Å². The van der Waals surface area contributed by atoms with Crippen molar-refractivity contribution in [2.24, 2.45) is 5.92 Å². The van der Waals surface area contributed by atoms with Crippen LogP contribution < -0.4 is 15.4 Å². The topological polar surface area (TPSA) is 87.3 Å². The summed E-state index contributed by atoms with van der Waals surface area (Å²) in [5.41, 5.74) is 1.85. The van der Waals surface area contributed by atoms with E-state index in [1.54, 1.807) is 18.2 Å². The molecule has 0 bridgehead atoms. The molecule has 0 aromatic heterocycles. The fraction of sp³-hybridized carbons (Fsp3) is 0.500. The first-order chi connectivity index (χ1) is 9.85. The SMILES string of the molecule is Cc1ccc(NS(C)(=O)=O)c(NC(=O)C2CCNCC2)c1.Cl. The van der Waals surface area contributed by atoms with Crippen molar-refractivity contribution in [1.82, 2.24) is 5.32 Å². The van der Waals surface area contributed by atoms with Crippen molar-refractivity contribution in [3.05, 3.63) is 23.8 Å². The fourth-order valence-electron chi connectivity index (χ4n) is 2.37. The van der Waals surface area contributed by atoms with E-state index in [1.165, 1.54) is 0 Å². The van der Waals surface area contributed by atoms with E-state index in [0.717, 1.165) is 37.8 Å². The Labute approximate surface area is 137 Å². The predicted molar refractivity (Wildman–Crippen MR) is 91.1 cm³/mol. The zero-order chi connectivity index (χ0) is 15.5. The second-order valence-electron chi connectivity index (χ2n) is 5.44. The Bertz CT molecular complexity index is 628. The molecule has 1 aromatic carbocycles. The second kappa shape index (κ2) is 7.80. The van der Waals surface area contributed by atoms with E-state index in [9.17, 15) is 13.2 Å². The van der Waals surface area contributed by atoms with Gasteiger partial charge >= 0.3 is 0 Å². The van der Waals surface area contributed by atoms with Gasteiger partial charge in [-0.2, -0.15) is 0 Å². The van der Waals surface area contributed by atoms with Gasteiger partial charge in [0.25, 0.3) is 0 Å². The third-order valence-electron chi connectivity index (χ3n) is 3.44. The Hall–Kier alpha value is -1.31. The molecule has 22 heavy (non-hydrogen) atoms. The summed E-state index contributed by atoms with van der Waals surface area (Å²) < 4.78 is 25.2. The number of hydrogen-bond acceptors (Lipinski definition) is 4. The van der Waals surface area contributed by atoms with Crippen LogP contribution in [0, 0.1) is 12.8 Å². The van der Waals surface area contributed by atoms with Crippen LogP contribution in [0.25, 0.3) is 0 Å². The van der Waals surface area contributed by atoms with Gasteiger partial charge in [0.1, 0.15) is 0 Å². The maximum absolute atomic E-state index is 12.3. The fourth-order valence-corrected chi connectivity index (χ4v) is 2.95.